The number of nitrogens with one attached hydrogen (secondary N) is 1. The number of aromatic nitrogens is 2. The Morgan fingerprint density at radius 1 is 1.50 bits per heavy atom. The summed E-state index contributed by atoms with van der Waals surface area (Å²) >= 11 is 1.66. The van der Waals surface area contributed by atoms with E-state index in [1.807, 2.05) is 12.3 Å². The van der Waals surface area contributed by atoms with Gasteiger partial charge in [-0.3, -0.25) is 4.79 Å². The van der Waals surface area contributed by atoms with E-state index in [1.54, 1.807) is 23.5 Å². The molecule has 0 radical (unpaired) electrons. The van der Waals surface area contributed by atoms with Gasteiger partial charge >= 0.3 is 0 Å². The lowest BCUT2D eigenvalue weighted by Gasteiger charge is -2.04. The molecule has 5 nitrogen and oxygen atoms in total. The highest BCUT2D eigenvalue weighted by Gasteiger charge is 2.01. The van der Waals surface area contributed by atoms with Gasteiger partial charge < -0.3 is 11.1 Å². The molecule has 2 heterocycles. The third-order valence-corrected chi connectivity index (χ3v) is 3.39. The molecule has 18 heavy (non-hydrogen) atoms. The van der Waals surface area contributed by atoms with Gasteiger partial charge in [-0.2, -0.15) is 0 Å². The molecule has 0 bridgehead atoms. The minimum atomic E-state index is -0.465. The lowest BCUT2D eigenvalue weighted by atomic mass is 10.3. The van der Waals surface area contributed by atoms with Crippen LogP contribution in [0, 0.1) is 6.92 Å². The first-order chi connectivity index (χ1) is 8.65. The van der Waals surface area contributed by atoms with Crippen molar-refractivity contribution in [3.63, 3.8) is 0 Å². The van der Waals surface area contributed by atoms with Gasteiger partial charge in [0, 0.05) is 30.2 Å². The van der Waals surface area contributed by atoms with Crippen LogP contribution in [0.1, 0.15) is 21.1 Å². The summed E-state index contributed by atoms with van der Waals surface area (Å²) in [5, 5.41) is 6.31. The molecule has 0 aliphatic carbocycles. The van der Waals surface area contributed by atoms with Crippen molar-refractivity contribution in [3.8, 4) is 0 Å². The Kier molecular flexibility index (Phi) is 3.88. The highest BCUT2D eigenvalue weighted by Crippen LogP contribution is 2.10. The summed E-state index contributed by atoms with van der Waals surface area (Å²) < 4.78 is 0. The minimum absolute atomic E-state index is 0.413. The molecule has 0 unspecified atom stereocenters. The molecule has 94 valence electrons. The van der Waals surface area contributed by atoms with Crippen molar-refractivity contribution in [2.45, 2.75) is 13.3 Å². The molecule has 0 spiro atoms. The fourth-order valence-electron chi connectivity index (χ4n) is 1.46. The van der Waals surface area contributed by atoms with Crippen LogP contribution in [0.2, 0.25) is 0 Å². The van der Waals surface area contributed by atoms with Crippen molar-refractivity contribution in [3.05, 3.63) is 40.0 Å². The SMILES string of the molecule is Cc1csc(CCNc2ccc(C(N)=O)cn2)n1. The molecule has 3 N–H and O–H groups in total. The van der Waals surface area contributed by atoms with E-state index in [-0.39, 0.29) is 0 Å². The highest BCUT2D eigenvalue weighted by molar-refractivity contribution is 7.09. The fraction of sp³-hybridized carbons (Fsp3) is 0.250. The lowest BCUT2D eigenvalue weighted by molar-refractivity contribution is 0.1000. The van der Waals surface area contributed by atoms with Gasteiger partial charge in [0.05, 0.1) is 10.6 Å². The van der Waals surface area contributed by atoms with Gasteiger partial charge in [-0.05, 0) is 19.1 Å². The van der Waals surface area contributed by atoms with Crippen LogP contribution in [0.25, 0.3) is 0 Å². The van der Waals surface area contributed by atoms with Gasteiger partial charge in [-0.25, -0.2) is 9.97 Å². The van der Waals surface area contributed by atoms with Crippen LogP contribution in [-0.2, 0) is 6.42 Å². The monoisotopic (exact) mass is 262 g/mol. The number of aryl methyl sites for hydroxylation is 1. The molecular weight excluding hydrogens is 248 g/mol. The van der Waals surface area contributed by atoms with Gasteiger partial charge in [0.25, 0.3) is 0 Å². The predicted molar refractivity (Wildman–Crippen MR) is 71.8 cm³/mol. The Morgan fingerprint density at radius 2 is 2.33 bits per heavy atom. The zero-order valence-corrected chi connectivity index (χ0v) is 10.8. The minimum Gasteiger partial charge on any atom is -0.370 e. The Balaban J connectivity index is 1.85. The third kappa shape index (κ3) is 3.27. The maximum absolute atomic E-state index is 10.9. The van der Waals surface area contributed by atoms with Crippen LogP contribution >= 0.6 is 11.3 Å². The summed E-state index contributed by atoms with van der Waals surface area (Å²) in [4.78, 5) is 19.4. The number of nitrogens with two attached hydrogens (primary N) is 1. The number of anilines is 1. The second-order valence-corrected chi connectivity index (χ2v) is 4.80. The zero-order valence-electron chi connectivity index (χ0n) is 10.0. The number of nitrogens with zero attached hydrogens (tertiary/aromatic N) is 2. The third-order valence-electron chi connectivity index (χ3n) is 2.36. The number of hydrogen-bond donors (Lipinski definition) is 2. The van der Waals surface area contributed by atoms with Crippen molar-refractivity contribution in [1.82, 2.24) is 9.97 Å². The first-order valence-electron chi connectivity index (χ1n) is 5.56. The number of amides is 1. The average molecular weight is 262 g/mol. The van der Waals surface area contributed by atoms with Crippen LogP contribution in [0.5, 0.6) is 0 Å². The first kappa shape index (κ1) is 12.5. The van der Waals surface area contributed by atoms with E-state index in [0.29, 0.717) is 5.56 Å². The molecule has 0 aliphatic rings. The summed E-state index contributed by atoms with van der Waals surface area (Å²) in [6, 6.07) is 3.40. The molecule has 6 heteroatoms. The van der Waals surface area contributed by atoms with Crippen molar-refractivity contribution in [2.24, 2.45) is 5.73 Å². The van der Waals surface area contributed by atoms with Crippen LogP contribution in [0.3, 0.4) is 0 Å². The second kappa shape index (κ2) is 5.59. The molecule has 0 aliphatic heterocycles. The van der Waals surface area contributed by atoms with Crippen molar-refractivity contribution < 1.29 is 4.79 Å². The van der Waals surface area contributed by atoms with Crippen molar-refractivity contribution >= 4 is 23.1 Å². The normalized spacial score (nSPS) is 10.3. The van der Waals surface area contributed by atoms with E-state index >= 15 is 0 Å². The first-order valence-corrected chi connectivity index (χ1v) is 6.44. The standard InChI is InChI=1S/C12H14N4OS/c1-8-7-18-11(16-8)4-5-14-10-3-2-9(6-15-10)12(13)17/h2-3,6-7H,4-5H2,1H3,(H2,13,17)(H,14,15). The number of pyridine rings is 1. The van der Waals surface area contributed by atoms with E-state index in [0.717, 1.165) is 29.5 Å². The molecule has 0 saturated heterocycles. The molecule has 0 saturated carbocycles. The zero-order chi connectivity index (χ0) is 13.0. The van der Waals surface area contributed by atoms with Crippen LogP contribution in [0.15, 0.2) is 23.7 Å². The number of carbonyl (C=O) groups is 1. The Morgan fingerprint density at radius 3 is 2.89 bits per heavy atom. The van der Waals surface area contributed by atoms with Crippen LogP contribution in [-0.4, -0.2) is 22.4 Å². The Labute approximate surface area is 109 Å². The summed E-state index contributed by atoms with van der Waals surface area (Å²) in [5.41, 5.74) is 6.60. The van der Waals surface area contributed by atoms with E-state index in [2.05, 4.69) is 15.3 Å². The van der Waals surface area contributed by atoms with Crippen molar-refractivity contribution in [1.29, 1.82) is 0 Å². The number of thiazole rings is 1. The largest absolute Gasteiger partial charge is 0.370 e. The number of primary amides is 1. The Bertz CT molecular complexity index is 535. The smallest absolute Gasteiger partial charge is 0.250 e. The molecule has 0 aromatic carbocycles. The van der Waals surface area contributed by atoms with Gasteiger partial charge in [0.1, 0.15) is 5.82 Å². The number of rotatable bonds is 5. The maximum atomic E-state index is 10.9. The molecule has 0 fully saturated rings. The van der Waals surface area contributed by atoms with Crippen molar-refractivity contribution in [2.75, 3.05) is 11.9 Å². The number of hydrogen-bond acceptors (Lipinski definition) is 5. The van der Waals surface area contributed by atoms with Gasteiger partial charge in [-0.1, -0.05) is 0 Å². The van der Waals surface area contributed by atoms with Gasteiger partial charge in [0.2, 0.25) is 5.91 Å². The topological polar surface area (TPSA) is 80.9 Å². The summed E-state index contributed by atoms with van der Waals surface area (Å²) in [7, 11) is 0. The predicted octanol–water partition coefficient (Wildman–Crippen LogP) is 1.60. The second-order valence-electron chi connectivity index (χ2n) is 3.86. The lowest BCUT2D eigenvalue weighted by Crippen LogP contribution is -2.12. The number of carbonyl (C=O) groups excluding carboxylic acids is 1. The highest BCUT2D eigenvalue weighted by atomic mass is 32.1. The average Bonchev–Trinajstić information content (AvgIpc) is 2.76. The summed E-state index contributed by atoms with van der Waals surface area (Å²) in [6.45, 7) is 2.74. The van der Waals surface area contributed by atoms with Gasteiger partial charge in [-0.15, -0.1) is 11.3 Å². The van der Waals surface area contributed by atoms with Gasteiger partial charge in [0.15, 0.2) is 0 Å². The summed E-state index contributed by atoms with van der Waals surface area (Å²) in [6.07, 6.45) is 2.33. The molecule has 2 rings (SSSR count). The van der Waals surface area contributed by atoms with E-state index in [1.165, 1.54) is 6.20 Å². The molecule has 2 aromatic rings. The summed E-state index contributed by atoms with van der Waals surface area (Å²) in [5.74, 6) is 0.264. The van der Waals surface area contributed by atoms with Crippen LogP contribution < -0.4 is 11.1 Å². The van der Waals surface area contributed by atoms with E-state index in [9.17, 15) is 4.79 Å². The van der Waals surface area contributed by atoms with E-state index in [4.69, 9.17) is 5.73 Å². The maximum Gasteiger partial charge on any atom is 0.250 e. The van der Waals surface area contributed by atoms with E-state index < -0.39 is 5.91 Å². The molecular formula is C12H14N4OS. The Hall–Kier alpha value is -1.95. The molecule has 2 aromatic heterocycles. The molecule has 1 amide bonds. The quantitative estimate of drug-likeness (QED) is 0.857. The molecule has 0 atom stereocenters. The fourth-order valence-corrected chi connectivity index (χ4v) is 2.24. The van der Waals surface area contributed by atoms with Crippen LogP contribution in [0.4, 0.5) is 5.82 Å².